The van der Waals surface area contributed by atoms with Gasteiger partial charge in [0, 0.05) is 24.8 Å². The van der Waals surface area contributed by atoms with Crippen molar-refractivity contribution >= 4 is 17.2 Å². The molecular formula is C13H14N4O. The van der Waals surface area contributed by atoms with Crippen molar-refractivity contribution in [2.75, 3.05) is 23.7 Å². The number of nitrogens with one attached hydrogen (secondary N) is 2. The number of carbonyl (C=O) groups is 1. The monoisotopic (exact) mass is 242 g/mol. The quantitative estimate of drug-likeness (QED) is 0.804. The molecule has 0 fully saturated rings. The third-order valence-corrected chi connectivity index (χ3v) is 2.30. The Morgan fingerprint density at radius 2 is 1.44 bits per heavy atom. The van der Waals surface area contributed by atoms with Crippen LogP contribution < -0.4 is 10.6 Å². The molecule has 0 aliphatic heterocycles. The Balaban J connectivity index is 1.73. The van der Waals surface area contributed by atoms with Crippen LogP contribution in [0, 0.1) is 0 Å². The van der Waals surface area contributed by atoms with Gasteiger partial charge in [-0.2, -0.15) is 0 Å². The zero-order valence-electron chi connectivity index (χ0n) is 9.84. The van der Waals surface area contributed by atoms with Crippen molar-refractivity contribution in [3.63, 3.8) is 0 Å². The molecule has 2 aromatic heterocycles. The first-order valence-corrected chi connectivity index (χ1v) is 5.64. The number of anilines is 2. The molecule has 18 heavy (non-hydrogen) atoms. The number of nitrogens with zero attached hydrogens (tertiary/aromatic N) is 2. The van der Waals surface area contributed by atoms with Crippen LogP contribution in [0.1, 0.15) is 0 Å². The Kier molecular flexibility index (Phi) is 4.24. The molecule has 0 aliphatic carbocycles. The number of hydrogen-bond donors (Lipinski definition) is 2. The van der Waals surface area contributed by atoms with Crippen molar-refractivity contribution in [3.8, 4) is 0 Å². The number of ketones is 1. The van der Waals surface area contributed by atoms with E-state index in [0.29, 0.717) is 0 Å². The molecule has 0 saturated carbocycles. The minimum atomic E-state index is 0.0720. The molecule has 0 bridgehead atoms. The number of pyridine rings is 2. The number of carbonyl (C=O) groups excluding carboxylic acids is 1. The second-order valence-corrected chi connectivity index (χ2v) is 3.73. The Morgan fingerprint density at radius 1 is 0.944 bits per heavy atom. The van der Waals surface area contributed by atoms with Gasteiger partial charge in [0.15, 0.2) is 5.78 Å². The molecule has 0 atom stereocenters. The lowest BCUT2D eigenvalue weighted by Crippen LogP contribution is -2.22. The molecule has 0 radical (unpaired) electrons. The van der Waals surface area contributed by atoms with Crippen LogP contribution in [0.5, 0.6) is 0 Å². The number of hydrogen-bond acceptors (Lipinski definition) is 5. The van der Waals surface area contributed by atoms with E-state index in [1.165, 1.54) is 0 Å². The first kappa shape index (κ1) is 12.0. The van der Waals surface area contributed by atoms with Crippen LogP contribution in [-0.4, -0.2) is 28.8 Å². The molecule has 0 aliphatic rings. The normalized spacial score (nSPS) is 9.78. The predicted octanol–water partition coefficient (Wildman–Crippen LogP) is 1.57. The van der Waals surface area contributed by atoms with E-state index in [-0.39, 0.29) is 18.9 Å². The molecule has 0 aromatic carbocycles. The molecule has 2 N–H and O–H groups in total. The summed E-state index contributed by atoms with van der Waals surface area (Å²) in [6.45, 7) is 0.553. The second-order valence-electron chi connectivity index (χ2n) is 3.73. The van der Waals surface area contributed by atoms with E-state index < -0.39 is 0 Å². The molecular weight excluding hydrogens is 228 g/mol. The van der Waals surface area contributed by atoms with E-state index in [0.717, 1.165) is 11.4 Å². The third-order valence-electron chi connectivity index (χ3n) is 2.30. The lowest BCUT2D eigenvalue weighted by Gasteiger charge is -2.06. The summed E-state index contributed by atoms with van der Waals surface area (Å²) in [6.07, 6.45) is 6.75. The van der Waals surface area contributed by atoms with Gasteiger partial charge in [-0.15, -0.1) is 0 Å². The molecule has 5 nitrogen and oxygen atoms in total. The molecule has 0 spiro atoms. The highest BCUT2D eigenvalue weighted by molar-refractivity contribution is 5.86. The highest BCUT2D eigenvalue weighted by atomic mass is 16.1. The second kappa shape index (κ2) is 6.34. The van der Waals surface area contributed by atoms with Gasteiger partial charge >= 0.3 is 0 Å². The molecule has 0 unspecified atom stereocenters. The summed E-state index contributed by atoms with van der Waals surface area (Å²) in [5.74, 6) is 0.0720. The number of rotatable bonds is 6. The lowest BCUT2D eigenvalue weighted by molar-refractivity contribution is -0.115. The minimum absolute atomic E-state index is 0.0720. The van der Waals surface area contributed by atoms with Crippen LogP contribution in [0.25, 0.3) is 0 Å². The van der Waals surface area contributed by atoms with E-state index in [9.17, 15) is 4.79 Å². The third kappa shape index (κ3) is 3.86. The van der Waals surface area contributed by atoms with Crippen LogP contribution >= 0.6 is 0 Å². The van der Waals surface area contributed by atoms with Crippen LogP contribution in [0.3, 0.4) is 0 Å². The van der Waals surface area contributed by atoms with Gasteiger partial charge in [-0.05, 0) is 24.3 Å². The molecule has 5 heteroatoms. The van der Waals surface area contributed by atoms with Gasteiger partial charge in [0.05, 0.1) is 24.5 Å². The molecule has 0 amide bonds. The maximum absolute atomic E-state index is 11.6. The van der Waals surface area contributed by atoms with Crippen LogP contribution in [0.2, 0.25) is 0 Å². The Morgan fingerprint density at radius 3 is 1.83 bits per heavy atom. The maximum atomic E-state index is 11.6. The fourth-order valence-electron chi connectivity index (χ4n) is 1.40. The Bertz CT molecular complexity index is 441. The van der Waals surface area contributed by atoms with E-state index in [4.69, 9.17) is 0 Å². The summed E-state index contributed by atoms with van der Waals surface area (Å²) < 4.78 is 0. The zero-order chi connectivity index (χ0) is 12.6. The summed E-state index contributed by atoms with van der Waals surface area (Å²) in [5, 5.41) is 6.03. The topological polar surface area (TPSA) is 66.9 Å². The summed E-state index contributed by atoms with van der Waals surface area (Å²) >= 11 is 0. The number of aromatic nitrogens is 2. The average molecular weight is 242 g/mol. The molecule has 0 saturated heterocycles. The van der Waals surface area contributed by atoms with Crippen LogP contribution in [0.15, 0.2) is 49.1 Å². The minimum Gasteiger partial charge on any atom is -0.377 e. The molecule has 2 heterocycles. The van der Waals surface area contributed by atoms with E-state index in [2.05, 4.69) is 20.6 Å². The van der Waals surface area contributed by atoms with Gasteiger partial charge in [-0.3, -0.25) is 14.8 Å². The standard InChI is InChI=1S/C13H14N4O/c18-13(9-16-11-3-1-5-14-7-11)10-17-12-4-2-6-15-8-12/h1-8,16-17H,9-10H2. The summed E-state index contributed by atoms with van der Waals surface area (Å²) in [6, 6.07) is 7.38. The van der Waals surface area contributed by atoms with Gasteiger partial charge in [-0.1, -0.05) is 0 Å². The SMILES string of the molecule is O=C(CNc1cccnc1)CNc1cccnc1. The fraction of sp³-hybridized carbons (Fsp3) is 0.154. The maximum Gasteiger partial charge on any atom is 0.170 e. The van der Waals surface area contributed by atoms with Crippen molar-refractivity contribution in [3.05, 3.63) is 49.1 Å². The van der Waals surface area contributed by atoms with Gasteiger partial charge in [0.25, 0.3) is 0 Å². The van der Waals surface area contributed by atoms with Crippen molar-refractivity contribution in [2.45, 2.75) is 0 Å². The summed E-state index contributed by atoms with van der Waals surface area (Å²) in [5.41, 5.74) is 1.68. The Hall–Kier alpha value is -2.43. The van der Waals surface area contributed by atoms with E-state index in [1.54, 1.807) is 24.8 Å². The first-order chi connectivity index (χ1) is 8.84. The van der Waals surface area contributed by atoms with Crippen LogP contribution in [-0.2, 0) is 4.79 Å². The first-order valence-electron chi connectivity index (χ1n) is 5.64. The van der Waals surface area contributed by atoms with Gasteiger partial charge in [0.2, 0.25) is 0 Å². The smallest absolute Gasteiger partial charge is 0.170 e. The summed E-state index contributed by atoms with van der Waals surface area (Å²) in [4.78, 5) is 19.5. The van der Waals surface area contributed by atoms with Crippen molar-refractivity contribution in [2.24, 2.45) is 0 Å². The average Bonchev–Trinajstić information content (AvgIpc) is 2.45. The number of Topliss-reactive ketones (excluding diaryl/α,β-unsaturated/α-hetero) is 1. The van der Waals surface area contributed by atoms with Gasteiger partial charge in [0.1, 0.15) is 0 Å². The lowest BCUT2D eigenvalue weighted by atomic mass is 10.3. The Labute approximate surface area is 105 Å². The van der Waals surface area contributed by atoms with E-state index >= 15 is 0 Å². The molecule has 92 valence electrons. The van der Waals surface area contributed by atoms with Gasteiger partial charge in [-0.25, -0.2) is 0 Å². The van der Waals surface area contributed by atoms with E-state index in [1.807, 2.05) is 24.3 Å². The highest BCUT2D eigenvalue weighted by Crippen LogP contribution is 2.03. The van der Waals surface area contributed by atoms with Gasteiger partial charge < -0.3 is 10.6 Å². The van der Waals surface area contributed by atoms with Crippen molar-refractivity contribution in [1.82, 2.24) is 9.97 Å². The summed E-state index contributed by atoms with van der Waals surface area (Å²) in [7, 11) is 0. The van der Waals surface area contributed by atoms with Crippen molar-refractivity contribution in [1.29, 1.82) is 0 Å². The fourth-order valence-corrected chi connectivity index (χ4v) is 1.40. The molecule has 2 aromatic rings. The van der Waals surface area contributed by atoms with Crippen molar-refractivity contribution < 1.29 is 4.79 Å². The predicted molar refractivity (Wildman–Crippen MR) is 70.5 cm³/mol. The largest absolute Gasteiger partial charge is 0.377 e. The highest BCUT2D eigenvalue weighted by Gasteiger charge is 2.01. The zero-order valence-corrected chi connectivity index (χ0v) is 9.84. The van der Waals surface area contributed by atoms with Crippen LogP contribution in [0.4, 0.5) is 11.4 Å². The molecule has 2 rings (SSSR count).